The van der Waals surface area contributed by atoms with E-state index in [4.69, 9.17) is 0 Å². The Balaban J connectivity index is 1.58. The molecule has 2 aliphatic heterocycles. The molecule has 2 saturated heterocycles. The highest BCUT2D eigenvalue weighted by Crippen LogP contribution is 2.39. The summed E-state index contributed by atoms with van der Waals surface area (Å²) >= 11 is 3.66. The molecule has 19 heavy (non-hydrogen) atoms. The van der Waals surface area contributed by atoms with E-state index in [1.54, 1.807) is 11.3 Å². The van der Waals surface area contributed by atoms with E-state index < -0.39 is 0 Å². The first kappa shape index (κ1) is 13.3. The first-order valence-electron chi connectivity index (χ1n) is 6.89. The average molecular weight is 296 g/mol. The van der Waals surface area contributed by atoms with Crippen molar-refractivity contribution in [2.45, 2.75) is 49.6 Å². The Morgan fingerprint density at radius 1 is 1.47 bits per heavy atom. The summed E-state index contributed by atoms with van der Waals surface area (Å²) in [5.41, 5.74) is 0. The molecule has 1 aromatic heterocycles. The molecule has 1 N–H and O–H groups in total. The highest BCUT2D eigenvalue weighted by atomic mass is 32.2. The number of nitrogens with one attached hydrogen (secondary N) is 1. The lowest BCUT2D eigenvalue weighted by Gasteiger charge is -2.38. The number of thiophene rings is 1. The molecule has 0 radical (unpaired) electrons. The zero-order valence-corrected chi connectivity index (χ0v) is 12.8. The third-order valence-electron chi connectivity index (χ3n) is 4.25. The maximum Gasteiger partial charge on any atom is 0.318 e. The van der Waals surface area contributed by atoms with Crippen molar-refractivity contribution in [3.63, 3.8) is 0 Å². The van der Waals surface area contributed by atoms with Crippen molar-refractivity contribution < 1.29 is 4.79 Å². The molecular weight excluding hydrogens is 276 g/mol. The number of amides is 2. The number of hydrogen-bond donors (Lipinski definition) is 1. The Bertz CT molecular complexity index is 421. The molecule has 0 aromatic carbocycles. The molecule has 3 heterocycles. The fourth-order valence-electron chi connectivity index (χ4n) is 3.32. The van der Waals surface area contributed by atoms with Crippen LogP contribution in [0.15, 0.2) is 17.5 Å². The summed E-state index contributed by atoms with van der Waals surface area (Å²) in [7, 11) is 0. The van der Waals surface area contributed by atoms with E-state index in [2.05, 4.69) is 27.9 Å². The lowest BCUT2D eigenvalue weighted by molar-refractivity contribution is 0.149. The van der Waals surface area contributed by atoms with Gasteiger partial charge in [-0.25, -0.2) is 4.79 Å². The monoisotopic (exact) mass is 296 g/mol. The van der Waals surface area contributed by atoms with Crippen LogP contribution in [0.4, 0.5) is 4.79 Å². The molecule has 2 aliphatic rings. The minimum absolute atomic E-state index is 0.139. The fraction of sp³-hybridized carbons (Fsp3) is 0.643. The Morgan fingerprint density at radius 2 is 2.21 bits per heavy atom. The predicted octanol–water partition coefficient (Wildman–Crippen LogP) is 3.32. The van der Waals surface area contributed by atoms with Gasteiger partial charge in [-0.05, 0) is 43.4 Å². The number of nitrogens with zero attached hydrogens (tertiary/aromatic N) is 1. The molecule has 0 spiro atoms. The van der Waals surface area contributed by atoms with Crippen LogP contribution >= 0.6 is 23.1 Å². The summed E-state index contributed by atoms with van der Waals surface area (Å²) in [6.07, 6.45) is 6.91. The molecule has 2 bridgehead atoms. The van der Waals surface area contributed by atoms with Crippen LogP contribution in [-0.4, -0.2) is 34.5 Å². The summed E-state index contributed by atoms with van der Waals surface area (Å²) in [4.78, 5) is 15.7. The number of piperidine rings is 1. The third-order valence-corrected chi connectivity index (χ3v) is 6.18. The summed E-state index contributed by atoms with van der Waals surface area (Å²) in [5.74, 6) is 0. The first-order valence-corrected chi connectivity index (χ1v) is 9.06. The molecule has 1 aromatic rings. The molecular formula is C14H20N2OS2. The van der Waals surface area contributed by atoms with Gasteiger partial charge in [-0.1, -0.05) is 6.07 Å². The second-order valence-corrected chi connectivity index (χ2v) is 7.53. The number of carbonyl (C=O) groups is 1. The van der Waals surface area contributed by atoms with Crippen molar-refractivity contribution in [2.75, 3.05) is 6.26 Å². The highest BCUT2D eigenvalue weighted by Gasteiger charge is 2.42. The van der Waals surface area contributed by atoms with Gasteiger partial charge in [0.1, 0.15) is 0 Å². The van der Waals surface area contributed by atoms with Gasteiger partial charge >= 0.3 is 6.03 Å². The second kappa shape index (κ2) is 5.75. The lowest BCUT2D eigenvalue weighted by Crippen LogP contribution is -2.51. The molecule has 5 heteroatoms. The Morgan fingerprint density at radius 3 is 2.79 bits per heavy atom. The molecule has 2 amide bonds. The second-order valence-electron chi connectivity index (χ2n) is 5.36. The molecule has 2 atom stereocenters. The standard InChI is InChI=1S/C14H20N2OS2/c1-18-13-7-10-4-5-11(8-13)16(10)14(17)15-9-12-3-2-6-19-12/h2-3,6,10-11,13H,4-5,7-9H2,1H3,(H,15,17). The van der Waals surface area contributed by atoms with Crippen LogP contribution in [0, 0.1) is 0 Å². The van der Waals surface area contributed by atoms with E-state index in [0.717, 1.165) is 5.25 Å². The Kier molecular flexibility index (Phi) is 4.03. The number of thioether (sulfide) groups is 1. The van der Waals surface area contributed by atoms with Gasteiger partial charge < -0.3 is 10.2 Å². The Labute approximate surface area is 122 Å². The maximum atomic E-state index is 12.4. The predicted molar refractivity (Wildman–Crippen MR) is 81.7 cm³/mol. The minimum Gasteiger partial charge on any atom is -0.333 e. The fourth-order valence-corrected chi connectivity index (χ4v) is 4.79. The van der Waals surface area contributed by atoms with E-state index in [0.29, 0.717) is 18.6 Å². The highest BCUT2D eigenvalue weighted by molar-refractivity contribution is 7.99. The summed E-state index contributed by atoms with van der Waals surface area (Å²) in [6, 6.07) is 5.18. The van der Waals surface area contributed by atoms with E-state index in [-0.39, 0.29) is 6.03 Å². The molecule has 2 unspecified atom stereocenters. The van der Waals surface area contributed by atoms with E-state index in [1.165, 1.54) is 30.6 Å². The summed E-state index contributed by atoms with van der Waals surface area (Å²) in [6.45, 7) is 0.665. The third kappa shape index (κ3) is 2.77. The number of fused-ring (bicyclic) bond motifs is 2. The summed E-state index contributed by atoms with van der Waals surface area (Å²) in [5, 5.41) is 5.88. The molecule has 104 valence electrons. The van der Waals surface area contributed by atoms with E-state index in [1.807, 2.05) is 17.8 Å². The van der Waals surface area contributed by atoms with Crippen LogP contribution < -0.4 is 5.32 Å². The lowest BCUT2D eigenvalue weighted by atomic mass is 10.0. The van der Waals surface area contributed by atoms with Crippen molar-refractivity contribution in [1.82, 2.24) is 10.2 Å². The van der Waals surface area contributed by atoms with Crippen LogP contribution in [0.3, 0.4) is 0 Å². The number of carbonyl (C=O) groups excluding carboxylic acids is 1. The number of rotatable bonds is 3. The van der Waals surface area contributed by atoms with Crippen molar-refractivity contribution >= 4 is 29.1 Å². The van der Waals surface area contributed by atoms with Crippen molar-refractivity contribution in [3.05, 3.63) is 22.4 Å². The largest absolute Gasteiger partial charge is 0.333 e. The van der Waals surface area contributed by atoms with E-state index >= 15 is 0 Å². The first-order chi connectivity index (χ1) is 9.28. The summed E-state index contributed by atoms with van der Waals surface area (Å²) < 4.78 is 0. The number of hydrogen-bond acceptors (Lipinski definition) is 3. The van der Waals surface area contributed by atoms with Crippen LogP contribution in [0.5, 0.6) is 0 Å². The Hall–Kier alpha value is -0.680. The van der Waals surface area contributed by atoms with Crippen molar-refractivity contribution in [2.24, 2.45) is 0 Å². The quantitative estimate of drug-likeness (QED) is 0.928. The van der Waals surface area contributed by atoms with Crippen LogP contribution in [0.25, 0.3) is 0 Å². The maximum absolute atomic E-state index is 12.4. The topological polar surface area (TPSA) is 32.3 Å². The zero-order chi connectivity index (χ0) is 13.2. The van der Waals surface area contributed by atoms with Gasteiger partial charge in [-0.3, -0.25) is 0 Å². The smallest absolute Gasteiger partial charge is 0.318 e. The van der Waals surface area contributed by atoms with Gasteiger partial charge in [0, 0.05) is 22.2 Å². The normalized spacial score (nSPS) is 29.5. The zero-order valence-electron chi connectivity index (χ0n) is 11.2. The van der Waals surface area contributed by atoms with Crippen LogP contribution in [0.2, 0.25) is 0 Å². The SMILES string of the molecule is CSC1CC2CCC(C1)N2C(=O)NCc1cccs1. The van der Waals surface area contributed by atoms with Crippen LogP contribution in [-0.2, 0) is 6.54 Å². The van der Waals surface area contributed by atoms with Crippen molar-refractivity contribution in [1.29, 1.82) is 0 Å². The van der Waals surface area contributed by atoms with Gasteiger partial charge in [0.25, 0.3) is 0 Å². The molecule has 0 aliphatic carbocycles. The van der Waals surface area contributed by atoms with Gasteiger partial charge in [0.05, 0.1) is 6.54 Å². The molecule has 0 saturated carbocycles. The van der Waals surface area contributed by atoms with Gasteiger partial charge in [-0.2, -0.15) is 11.8 Å². The average Bonchev–Trinajstić information content (AvgIpc) is 3.02. The van der Waals surface area contributed by atoms with Gasteiger partial charge in [-0.15, -0.1) is 11.3 Å². The molecule has 2 fully saturated rings. The van der Waals surface area contributed by atoms with Crippen molar-refractivity contribution in [3.8, 4) is 0 Å². The van der Waals surface area contributed by atoms with Gasteiger partial charge in [0.15, 0.2) is 0 Å². The molecule has 3 nitrogen and oxygen atoms in total. The molecule has 3 rings (SSSR count). The number of urea groups is 1. The van der Waals surface area contributed by atoms with Crippen LogP contribution in [0.1, 0.15) is 30.6 Å². The minimum atomic E-state index is 0.139. The van der Waals surface area contributed by atoms with Gasteiger partial charge in [0.2, 0.25) is 0 Å². The van der Waals surface area contributed by atoms with E-state index in [9.17, 15) is 4.79 Å².